The number of hydrogen-bond acceptors (Lipinski definition) is 5. The molecule has 0 atom stereocenters. The first-order chi connectivity index (χ1) is 10.8. The van der Waals surface area contributed by atoms with Crippen molar-refractivity contribution in [2.75, 3.05) is 16.1 Å². The normalized spacial score (nSPS) is 11.3. The first-order valence-electron chi connectivity index (χ1n) is 7.42. The highest BCUT2D eigenvalue weighted by molar-refractivity contribution is 7.21. The number of nitrogens with zero attached hydrogens (tertiary/aromatic N) is 2. The lowest BCUT2D eigenvalue weighted by Crippen LogP contribution is -2.38. The SMILES string of the molecule is CC(C)N(c1nc(=O)c2cc(NC(=O)CCl)ccc2s1)C(C)C. The Hall–Kier alpha value is -1.66. The first kappa shape index (κ1) is 17.7. The van der Waals surface area contributed by atoms with Crippen molar-refractivity contribution in [3.05, 3.63) is 28.6 Å². The van der Waals surface area contributed by atoms with E-state index in [-0.39, 0.29) is 29.4 Å². The fraction of sp³-hybridized carbons (Fsp3) is 0.438. The maximum atomic E-state index is 12.4. The summed E-state index contributed by atoms with van der Waals surface area (Å²) in [6, 6.07) is 5.73. The molecule has 124 valence electrons. The van der Waals surface area contributed by atoms with Crippen molar-refractivity contribution in [3.8, 4) is 0 Å². The molecule has 0 aliphatic carbocycles. The molecule has 2 aromatic rings. The molecule has 1 aromatic carbocycles. The van der Waals surface area contributed by atoms with Crippen molar-refractivity contribution in [2.24, 2.45) is 0 Å². The summed E-state index contributed by atoms with van der Waals surface area (Å²) in [4.78, 5) is 30.1. The van der Waals surface area contributed by atoms with Crippen LogP contribution >= 0.6 is 22.9 Å². The van der Waals surface area contributed by atoms with Crippen molar-refractivity contribution in [3.63, 3.8) is 0 Å². The molecule has 0 aliphatic rings. The molecule has 1 aromatic heterocycles. The lowest BCUT2D eigenvalue weighted by molar-refractivity contribution is -0.113. The van der Waals surface area contributed by atoms with Gasteiger partial charge in [-0.25, -0.2) is 0 Å². The summed E-state index contributed by atoms with van der Waals surface area (Å²) in [7, 11) is 0. The minimum atomic E-state index is -0.308. The molecule has 0 bridgehead atoms. The number of rotatable bonds is 5. The molecule has 23 heavy (non-hydrogen) atoms. The molecule has 0 spiro atoms. The molecule has 0 fully saturated rings. The van der Waals surface area contributed by atoms with Crippen LogP contribution in [0.25, 0.3) is 10.1 Å². The minimum absolute atomic E-state index is 0.125. The van der Waals surface area contributed by atoms with Crippen LogP contribution < -0.4 is 15.8 Å². The van der Waals surface area contributed by atoms with Crippen LogP contribution in [-0.2, 0) is 4.79 Å². The van der Waals surface area contributed by atoms with Crippen LogP contribution in [0.5, 0.6) is 0 Å². The molecular weight excluding hydrogens is 334 g/mol. The number of carbonyl (C=O) groups excluding carboxylic acids is 1. The van der Waals surface area contributed by atoms with E-state index in [0.29, 0.717) is 16.2 Å². The lowest BCUT2D eigenvalue weighted by atomic mass is 10.2. The Morgan fingerprint density at radius 1 is 1.30 bits per heavy atom. The predicted octanol–water partition coefficient (Wildman–Crippen LogP) is 3.46. The van der Waals surface area contributed by atoms with Crippen molar-refractivity contribution in [1.29, 1.82) is 0 Å². The zero-order valence-electron chi connectivity index (χ0n) is 13.6. The third kappa shape index (κ3) is 4.00. The van der Waals surface area contributed by atoms with E-state index in [4.69, 9.17) is 11.6 Å². The molecule has 0 radical (unpaired) electrons. The van der Waals surface area contributed by atoms with Crippen molar-refractivity contribution >= 4 is 49.7 Å². The van der Waals surface area contributed by atoms with Crippen LogP contribution in [0.2, 0.25) is 0 Å². The summed E-state index contributed by atoms with van der Waals surface area (Å²) < 4.78 is 0.843. The summed E-state index contributed by atoms with van der Waals surface area (Å²) in [5.41, 5.74) is 0.258. The number of nitrogens with one attached hydrogen (secondary N) is 1. The topological polar surface area (TPSA) is 62.3 Å². The van der Waals surface area contributed by atoms with Gasteiger partial charge >= 0.3 is 0 Å². The Balaban J connectivity index is 2.49. The Bertz CT molecular complexity index is 765. The van der Waals surface area contributed by atoms with E-state index in [1.54, 1.807) is 12.1 Å². The van der Waals surface area contributed by atoms with Crippen LogP contribution in [-0.4, -0.2) is 28.9 Å². The largest absolute Gasteiger partial charge is 0.343 e. The quantitative estimate of drug-likeness (QED) is 0.836. The minimum Gasteiger partial charge on any atom is -0.343 e. The molecule has 0 aliphatic heterocycles. The summed E-state index contributed by atoms with van der Waals surface area (Å²) in [5, 5.41) is 3.85. The smallest absolute Gasteiger partial charge is 0.281 e. The Labute approximate surface area is 144 Å². The molecular formula is C16H20ClN3O2S. The fourth-order valence-electron chi connectivity index (χ4n) is 2.48. The van der Waals surface area contributed by atoms with Gasteiger partial charge in [0.05, 0.1) is 5.39 Å². The zero-order valence-corrected chi connectivity index (χ0v) is 15.2. The molecule has 1 amide bonds. The zero-order chi connectivity index (χ0) is 17.1. The monoisotopic (exact) mass is 353 g/mol. The van der Waals surface area contributed by atoms with E-state index in [2.05, 4.69) is 42.9 Å². The molecule has 7 heteroatoms. The summed E-state index contributed by atoms with van der Waals surface area (Å²) in [6.07, 6.45) is 0. The van der Waals surface area contributed by atoms with Gasteiger partial charge in [0.2, 0.25) is 5.91 Å². The molecule has 0 saturated carbocycles. The van der Waals surface area contributed by atoms with E-state index in [9.17, 15) is 9.59 Å². The molecule has 1 heterocycles. The molecule has 2 rings (SSSR count). The number of anilines is 2. The fourth-order valence-corrected chi connectivity index (χ4v) is 3.79. The van der Waals surface area contributed by atoms with Gasteiger partial charge in [0.15, 0.2) is 5.13 Å². The van der Waals surface area contributed by atoms with Crippen molar-refractivity contribution < 1.29 is 4.79 Å². The second-order valence-corrected chi connectivity index (χ2v) is 7.07. The van der Waals surface area contributed by atoms with Gasteiger partial charge in [0, 0.05) is 22.5 Å². The van der Waals surface area contributed by atoms with E-state index < -0.39 is 0 Å². The van der Waals surface area contributed by atoms with Crippen LogP contribution in [0.15, 0.2) is 23.0 Å². The second kappa shape index (κ2) is 7.27. The molecule has 5 nitrogen and oxygen atoms in total. The van der Waals surface area contributed by atoms with Crippen LogP contribution in [0.4, 0.5) is 10.8 Å². The molecule has 1 N–H and O–H groups in total. The standard InChI is InChI=1S/C16H20ClN3O2S/c1-9(2)20(10(3)4)16-19-15(22)12-7-11(18-14(21)8-17)5-6-13(12)23-16/h5-7,9-10H,8H2,1-4H3,(H,18,21). The predicted molar refractivity (Wildman–Crippen MR) is 98.0 cm³/mol. The van der Waals surface area contributed by atoms with Crippen molar-refractivity contribution in [2.45, 2.75) is 39.8 Å². The summed E-state index contributed by atoms with van der Waals surface area (Å²) in [6.45, 7) is 8.31. The number of fused-ring (bicyclic) bond motifs is 1. The second-order valence-electron chi connectivity index (χ2n) is 5.79. The van der Waals surface area contributed by atoms with Crippen LogP contribution in [0.1, 0.15) is 27.7 Å². The lowest BCUT2D eigenvalue weighted by Gasteiger charge is -2.31. The number of alkyl halides is 1. The van der Waals surface area contributed by atoms with Crippen LogP contribution in [0, 0.1) is 0 Å². The number of halogens is 1. The van der Waals surface area contributed by atoms with Gasteiger partial charge in [-0.2, -0.15) is 4.98 Å². The number of hydrogen-bond donors (Lipinski definition) is 1. The average Bonchev–Trinajstić information content (AvgIpc) is 2.47. The number of carbonyl (C=O) groups is 1. The van der Waals surface area contributed by atoms with Gasteiger partial charge in [-0.15, -0.1) is 11.6 Å². The number of benzene rings is 1. The van der Waals surface area contributed by atoms with E-state index in [1.807, 2.05) is 6.07 Å². The van der Waals surface area contributed by atoms with Gasteiger partial charge in [-0.05, 0) is 45.9 Å². The maximum Gasteiger partial charge on any atom is 0.281 e. The van der Waals surface area contributed by atoms with Gasteiger partial charge in [-0.3, -0.25) is 9.59 Å². The number of aromatic nitrogens is 1. The molecule has 0 saturated heterocycles. The Morgan fingerprint density at radius 3 is 2.52 bits per heavy atom. The van der Waals surface area contributed by atoms with Crippen LogP contribution in [0.3, 0.4) is 0 Å². The highest BCUT2D eigenvalue weighted by Gasteiger charge is 2.18. The van der Waals surface area contributed by atoms with Gasteiger partial charge < -0.3 is 10.2 Å². The maximum absolute atomic E-state index is 12.4. The highest BCUT2D eigenvalue weighted by atomic mass is 35.5. The van der Waals surface area contributed by atoms with E-state index in [0.717, 1.165) is 4.70 Å². The summed E-state index contributed by atoms with van der Waals surface area (Å²) >= 11 is 6.95. The molecule has 0 unspecified atom stereocenters. The number of amides is 1. The summed E-state index contributed by atoms with van der Waals surface area (Å²) in [5.74, 6) is -0.433. The van der Waals surface area contributed by atoms with E-state index in [1.165, 1.54) is 11.3 Å². The Morgan fingerprint density at radius 2 is 1.96 bits per heavy atom. The third-order valence-corrected chi connectivity index (χ3v) is 4.65. The highest BCUT2D eigenvalue weighted by Crippen LogP contribution is 2.28. The van der Waals surface area contributed by atoms with Crippen molar-refractivity contribution in [1.82, 2.24) is 4.98 Å². The average molecular weight is 354 g/mol. The van der Waals surface area contributed by atoms with Gasteiger partial charge in [-0.1, -0.05) is 11.3 Å². The Kier molecular flexibility index (Phi) is 5.59. The third-order valence-electron chi connectivity index (χ3n) is 3.35. The van der Waals surface area contributed by atoms with Gasteiger partial charge in [0.1, 0.15) is 5.88 Å². The van der Waals surface area contributed by atoms with Gasteiger partial charge in [0.25, 0.3) is 5.56 Å². The van der Waals surface area contributed by atoms with E-state index >= 15 is 0 Å². The first-order valence-corrected chi connectivity index (χ1v) is 8.77.